The predicted molar refractivity (Wildman–Crippen MR) is 422 cm³/mol. The Balaban J connectivity index is 0.648. The van der Waals surface area contributed by atoms with E-state index >= 15 is 0 Å². The van der Waals surface area contributed by atoms with Gasteiger partial charge in [-0.25, -0.2) is 18.8 Å². The third kappa shape index (κ3) is 32.4. The molecular weight excluding hydrogens is 1660 g/mol. The number of aliphatic hydroxyl groups is 6. The van der Waals surface area contributed by atoms with Crippen LogP contribution in [0.2, 0.25) is 0 Å². The number of aliphatic hydroxyl groups excluding tert-OH is 6. The number of hydrogen-bond donors (Lipinski definition) is 11. The molecule has 5 amide bonds. The summed E-state index contributed by atoms with van der Waals surface area (Å²) in [4.78, 5) is 61.4. The summed E-state index contributed by atoms with van der Waals surface area (Å²) in [6, 6.07) is 6.60. The van der Waals surface area contributed by atoms with Gasteiger partial charge in [0, 0.05) is 33.7 Å². The molecule has 6 bridgehead atoms. The van der Waals surface area contributed by atoms with Crippen molar-refractivity contribution in [2.24, 2.45) is 0 Å². The summed E-state index contributed by atoms with van der Waals surface area (Å²) in [5.41, 5.74) is -2.84. The Labute approximate surface area is 722 Å². The number of benzene rings is 1. The van der Waals surface area contributed by atoms with E-state index in [1.165, 1.54) is 20.8 Å². The number of nitrogens with one attached hydrogen (secondary N) is 5. The lowest BCUT2D eigenvalue weighted by Crippen LogP contribution is -2.66. The Hall–Kier alpha value is -7.29. The molecule has 47 heteroatoms. The first-order valence-corrected chi connectivity index (χ1v) is 42.0. The number of aromatic nitrogens is 9. The van der Waals surface area contributed by atoms with Gasteiger partial charge < -0.3 is 161 Å². The lowest BCUT2D eigenvalue weighted by Gasteiger charge is -2.42. The zero-order valence-corrected chi connectivity index (χ0v) is 71.0. The lowest BCUT2D eigenvalue weighted by atomic mass is 9.88. The van der Waals surface area contributed by atoms with Gasteiger partial charge in [0.15, 0.2) is 18.9 Å². The van der Waals surface area contributed by atoms with E-state index < -0.39 is 120 Å². The fourth-order valence-electron chi connectivity index (χ4n) is 14.1. The molecule has 11 N–H and O–H groups in total. The first-order chi connectivity index (χ1) is 60.7. The molecule has 4 aromatic rings. The number of carbonyl (C=O) groups excluding carboxylic acids is 5. The topological polar surface area (TPSA) is 562 Å². The lowest BCUT2D eigenvalue weighted by molar-refractivity contribution is -0.238. The predicted octanol–water partition coefficient (Wildman–Crippen LogP) is -4.99. The van der Waals surface area contributed by atoms with Crippen molar-refractivity contribution in [3.05, 3.63) is 71.6 Å². The molecule has 15 atom stereocenters. The highest BCUT2D eigenvalue weighted by Crippen LogP contribution is 2.40. The van der Waals surface area contributed by atoms with E-state index in [1.807, 2.05) is 30.3 Å². The largest absolute Gasteiger partial charge is 0.445 e. The van der Waals surface area contributed by atoms with Crippen LogP contribution >= 0.6 is 0 Å². The van der Waals surface area contributed by atoms with E-state index in [4.69, 9.17) is 104 Å². The van der Waals surface area contributed by atoms with Gasteiger partial charge in [-0.3, -0.25) is 19.2 Å². The molecule has 0 aliphatic carbocycles. The summed E-state index contributed by atoms with van der Waals surface area (Å²) in [7, 11) is 0. The maximum absolute atomic E-state index is 14.2. The number of alkyl carbamates (subject to hydrolysis) is 1. The maximum Gasteiger partial charge on any atom is 0.407 e. The first-order valence-electron chi connectivity index (χ1n) is 42.0. The minimum atomic E-state index is -1.35. The minimum Gasteiger partial charge on any atom is -0.445 e. The number of ether oxygens (including phenoxy) is 22. The van der Waals surface area contributed by atoms with Crippen molar-refractivity contribution in [2.75, 3.05) is 205 Å². The SMILES string of the molecule is CC(=O)N[C@H]1[C@H]2OC[C@](COCCOCCOCCOCCn3cc(COCC(COCc4cn(CCOCCOCCOCCOC[C@@]56CO[C@@H](O5)[C@H](NC(C)=O)[C@@H](O)[C@H]6O)nn4)(COCc4cn(CCOCCOCCOCCOC[C@@]56CO[C@@H](O5)[C@H](NC(C)=O)[C@@H](O)[C@H]6O)nn4)NC(=O)CCCCCNC(=O)OCc4ccccc4)nn3)(O2)[C@H](O)[C@@H]1O. The third-order valence-electron chi connectivity index (χ3n) is 20.6. The third-order valence-corrected chi connectivity index (χ3v) is 20.6. The van der Waals surface area contributed by atoms with E-state index in [2.05, 4.69) is 57.5 Å². The van der Waals surface area contributed by atoms with Gasteiger partial charge >= 0.3 is 6.09 Å². The van der Waals surface area contributed by atoms with Crippen molar-refractivity contribution in [1.29, 1.82) is 0 Å². The smallest absolute Gasteiger partial charge is 0.407 e. The van der Waals surface area contributed by atoms with Crippen LogP contribution in [0.15, 0.2) is 48.9 Å². The van der Waals surface area contributed by atoms with Gasteiger partial charge in [0.2, 0.25) is 23.6 Å². The Morgan fingerprint density at radius 3 is 1.06 bits per heavy atom. The number of amides is 5. The van der Waals surface area contributed by atoms with E-state index in [9.17, 15) is 54.6 Å². The van der Waals surface area contributed by atoms with E-state index in [0.29, 0.717) is 142 Å². The maximum atomic E-state index is 14.2. The van der Waals surface area contributed by atoms with E-state index in [0.717, 1.165) is 5.56 Å². The molecule has 0 saturated carbocycles. The van der Waals surface area contributed by atoms with Crippen molar-refractivity contribution in [3.63, 3.8) is 0 Å². The molecule has 6 aliphatic heterocycles. The summed E-state index contributed by atoms with van der Waals surface area (Å²) >= 11 is 0. The molecule has 0 radical (unpaired) electrons. The molecule has 6 fully saturated rings. The number of rotatable bonds is 66. The van der Waals surface area contributed by atoms with Crippen LogP contribution in [0.1, 0.15) is 69.1 Å². The zero-order valence-electron chi connectivity index (χ0n) is 71.0. The van der Waals surface area contributed by atoms with E-state index in [-0.39, 0.29) is 158 Å². The first kappa shape index (κ1) is 99.9. The van der Waals surface area contributed by atoms with Crippen molar-refractivity contribution in [2.45, 2.75) is 188 Å². The summed E-state index contributed by atoms with van der Waals surface area (Å²) in [6.07, 6.45) is -4.32. The highest BCUT2D eigenvalue weighted by molar-refractivity contribution is 5.77. The average Bonchev–Trinajstić information content (AvgIpc) is 1.62. The van der Waals surface area contributed by atoms with Gasteiger partial charge in [0.25, 0.3) is 0 Å². The normalized spacial score (nSPS) is 25.6. The number of carbonyl (C=O) groups is 5. The number of fused-ring (bicyclic) bond motifs is 6. The Morgan fingerprint density at radius 1 is 0.416 bits per heavy atom. The zero-order chi connectivity index (χ0) is 88.5. The second-order valence-electron chi connectivity index (χ2n) is 30.8. The van der Waals surface area contributed by atoms with Crippen molar-refractivity contribution in [1.82, 2.24) is 71.6 Å². The van der Waals surface area contributed by atoms with Crippen LogP contribution in [0.5, 0.6) is 0 Å². The van der Waals surface area contributed by atoms with Crippen molar-refractivity contribution < 1.29 is 159 Å². The summed E-state index contributed by atoms with van der Waals surface area (Å²) in [5.74, 6) is -1.50. The molecule has 0 unspecified atom stereocenters. The second-order valence-corrected chi connectivity index (χ2v) is 30.8. The fourth-order valence-corrected chi connectivity index (χ4v) is 14.1. The molecule has 704 valence electrons. The summed E-state index contributed by atoms with van der Waals surface area (Å²) < 4.78 is 132. The van der Waals surface area contributed by atoms with E-state index in [1.54, 1.807) is 32.6 Å². The van der Waals surface area contributed by atoms with Gasteiger partial charge in [-0.2, -0.15) is 0 Å². The van der Waals surface area contributed by atoms with Crippen LogP contribution < -0.4 is 26.6 Å². The molecule has 3 aromatic heterocycles. The molecule has 6 saturated heterocycles. The average molecular weight is 1790 g/mol. The number of nitrogens with zero attached hydrogens (tertiary/aromatic N) is 9. The highest BCUT2D eigenvalue weighted by Gasteiger charge is 2.62. The van der Waals surface area contributed by atoms with Crippen LogP contribution in [0.3, 0.4) is 0 Å². The molecule has 1 aromatic carbocycles. The molecule has 0 spiro atoms. The molecule has 9 heterocycles. The Kier molecular flexibility index (Phi) is 42.3. The van der Waals surface area contributed by atoms with Gasteiger partial charge in [0.05, 0.1) is 256 Å². The molecular formula is C78H124N14O33. The van der Waals surface area contributed by atoms with Crippen LogP contribution in [0, 0.1) is 0 Å². The molecule has 125 heavy (non-hydrogen) atoms. The molecule has 6 aliphatic rings. The van der Waals surface area contributed by atoms with Crippen LogP contribution in [0.4, 0.5) is 4.79 Å². The van der Waals surface area contributed by atoms with Crippen LogP contribution in [-0.4, -0.2) is 406 Å². The van der Waals surface area contributed by atoms with Crippen molar-refractivity contribution >= 4 is 29.7 Å². The van der Waals surface area contributed by atoms with Crippen LogP contribution in [-0.2, 0) is 169 Å². The second kappa shape index (κ2) is 53.0. The Morgan fingerprint density at radius 2 is 0.736 bits per heavy atom. The quantitative estimate of drug-likeness (QED) is 0.0184. The molecule has 47 nitrogen and oxygen atoms in total. The monoisotopic (exact) mass is 1780 g/mol. The number of unbranched alkanes of at least 4 members (excludes halogenated alkanes) is 2. The van der Waals surface area contributed by atoms with Gasteiger partial charge in [-0.05, 0) is 18.4 Å². The highest BCUT2D eigenvalue weighted by atomic mass is 16.8. The standard InChI is InChI=1S/C78H124N14O33/c1-54(93)80-62-65(97)68(100)76(51-120-71(62)123-76)48-113-35-32-110-29-26-107-23-20-104-17-14-90-38-58(84-87-90)42-116-45-75(83-61(96)12-8-5-9-13-79-74(103)119-41-57-10-6-4-7-11-57,46-117-43-59-39-91(88-85-59)15-18-105-21-24-108-27-30-111-33-36-114-49-77-52-121-72(124-77)63(81-55(2)94)66(98)69(77)101)47-118-44-60-40-92(89-86-60)16-19-106-22-25-109-28-31-112-34-37-115-50-78-53-122-73(125-78)64(82-56(3)95)67(99)70(78)102/h4,6-7,10-11,38-40,62-73,97-102H,5,8-9,12-37,41-53H2,1-3H3,(H,79,103)(H,80,93)(H,81,94)(H,82,95)(H,83,96)/t62-,63-,64-,65-,66-,67-,68-,69-,70-,71+,72+,73+,76+,77+,78+/m1/s1. The van der Waals surface area contributed by atoms with Gasteiger partial charge in [-0.15, -0.1) is 15.3 Å². The van der Waals surface area contributed by atoms with Gasteiger partial charge in [0.1, 0.15) is 101 Å². The molecule has 10 rings (SSSR count). The van der Waals surface area contributed by atoms with Gasteiger partial charge in [-0.1, -0.05) is 52.4 Å². The minimum absolute atomic E-state index is 0.0177. The van der Waals surface area contributed by atoms with Crippen molar-refractivity contribution in [3.8, 4) is 0 Å². The summed E-state index contributed by atoms with van der Waals surface area (Å²) in [5, 5.41) is 104. The van der Waals surface area contributed by atoms with Crippen LogP contribution in [0.25, 0.3) is 0 Å². The summed E-state index contributed by atoms with van der Waals surface area (Å²) in [6.45, 7) is 10.4. The fraction of sp³-hybridized carbons (Fsp3) is 0.782. The Bertz CT molecular complexity index is 3460. The number of hydrogen-bond acceptors (Lipinski definition) is 39.